The van der Waals surface area contributed by atoms with Crippen molar-refractivity contribution in [1.29, 1.82) is 0 Å². The van der Waals surface area contributed by atoms with Gasteiger partial charge >= 0.3 is 0 Å². The van der Waals surface area contributed by atoms with Crippen molar-refractivity contribution in [2.24, 2.45) is 0 Å². The van der Waals surface area contributed by atoms with Gasteiger partial charge in [0.05, 0.1) is 5.69 Å². The summed E-state index contributed by atoms with van der Waals surface area (Å²) in [5.74, 6) is -0.960. The minimum absolute atomic E-state index is 0.0164. The van der Waals surface area contributed by atoms with Crippen LogP contribution in [0.5, 0.6) is 0 Å². The molecule has 1 N–H and O–H groups in total. The first-order chi connectivity index (χ1) is 12.1. The van der Waals surface area contributed by atoms with E-state index >= 15 is 0 Å². The van der Waals surface area contributed by atoms with E-state index in [9.17, 15) is 8.78 Å². The van der Waals surface area contributed by atoms with Crippen LogP contribution in [0.4, 0.5) is 8.78 Å². The van der Waals surface area contributed by atoms with Crippen LogP contribution in [0.15, 0.2) is 54.9 Å². The molecule has 3 nitrogen and oxygen atoms in total. The molecule has 0 saturated carbocycles. The molecule has 1 aliphatic carbocycles. The number of halogens is 2. The second-order valence-corrected chi connectivity index (χ2v) is 6.44. The van der Waals surface area contributed by atoms with Gasteiger partial charge in [-0.05, 0) is 54.7 Å². The Hall–Kier alpha value is -2.53. The van der Waals surface area contributed by atoms with Crippen LogP contribution in [0.2, 0.25) is 0 Å². The van der Waals surface area contributed by atoms with Crippen LogP contribution >= 0.6 is 0 Å². The van der Waals surface area contributed by atoms with Crippen LogP contribution in [0.1, 0.15) is 42.1 Å². The molecule has 2 unspecified atom stereocenters. The Labute approximate surface area is 145 Å². The summed E-state index contributed by atoms with van der Waals surface area (Å²) in [7, 11) is 0. The van der Waals surface area contributed by atoms with Gasteiger partial charge in [-0.15, -0.1) is 0 Å². The van der Waals surface area contributed by atoms with E-state index in [0.29, 0.717) is 12.0 Å². The van der Waals surface area contributed by atoms with Crippen LogP contribution < -0.4 is 5.32 Å². The molecular weight excluding hydrogens is 320 g/mol. The third-order valence-electron chi connectivity index (χ3n) is 4.86. The number of fused-ring (bicyclic) bond motifs is 1. The maximum atomic E-state index is 14.0. The predicted molar refractivity (Wildman–Crippen MR) is 92.5 cm³/mol. The molecule has 0 bridgehead atoms. The lowest BCUT2D eigenvalue weighted by atomic mass is 10.0. The van der Waals surface area contributed by atoms with Crippen molar-refractivity contribution in [3.05, 3.63) is 83.2 Å². The largest absolute Gasteiger partial charge is 0.303 e. The average Bonchev–Trinajstić information content (AvgIpc) is 3.25. The van der Waals surface area contributed by atoms with Crippen LogP contribution in [0, 0.1) is 11.6 Å². The average molecular weight is 339 g/mol. The number of aromatic nitrogens is 2. The van der Waals surface area contributed by atoms with E-state index in [-0.39, 0.29) is 12.1 Å². The molecule has 4 rings (SSSR count). The molecule has 0 radical (unpaired) electrons. The van der Waals surface area contributed by atoms with E-state index in [1.165, 1.54) is 6.07 Å². The van der Waals surface area contributed by atoms with Gasteiger partial charge in [0.15, 0.2) is 0 Å². The minimum atomic E-state index is -0.519. The van der Waals surface area contributed by atoms with E-state index in [1.807, 2.05) is 35.1 Å². The highest BCUT2D eigenvalue weighted by molar-refractivity contribution is 5.43. The number of hydrogen-bond acceptors (Lipinski definition) is 2. The fourth-order valence-corrected chi connectivity index (χ4v) is 3.68. The Morgan fingerprint density at radius 1 is 1.20 bits per heavy atom. The molecule has 5 heteroatoms. The summed E-state index contributed by atoms with van der Waals surface area (Å²) in [6.45, 7) is 2.07. The van der Waals surface area contributed by atoms with E-state index in [0.717, 1.165) is 29.3 Å². The molecular formula is C20H19F2N3. The summed E-state index contributed by atoms with van der Waals surface area (Å²) in [6, 6.07) is 12.3. The molecule has 1 aliphatic rings. The van der Waals surface area contributed by atoms with Gasteiger partial charge in [0.25, 0.3) is 0 Å². The summed E-state index contributed by atoms with van der Waals surface area (Å²) >= 11 is 0. The molecule has 1 heterocycles. The molecule has 0 aliphatic heterocycles. The Morgan fingerprint density at radius 2 is 2.04 bits per heavy atom. The van der Waals surface area contributed by atoms with E-state index in [2.05, 4.69) is 23.4 Å². The number of benzene rings is 2. The highest BCUT2D eigenvalue weighted by Crippen LogP contribution is 2.35. The summed E-state index contributed by atoms with van der Waals surface area (Å²) < 4.78 is 29.4. The van der Waals surface area contributed by atoms with Crippen molar-refractivity contribution in [1.82, 2.24) is 15.1 Å². The number of hydrogen-bond donors (Lipinski definition) is 1. The molecule has 25 heavy (non-hydrogen) atoms. The number of nitrogens with one attached hydrogen (secondary N) is 1. The first kappa shape index (κ1) is 16.0. The Morgan fingerprint density at radius 3 is 2.84 bits per heavy atom. The van der Waals surface area contributed by atoms with Gasteiger partial charge in [-0.1, -0.05) is 18.2 Å². The molecule has 0 amide bonds. The van der Waals surface area contributed by atoms with Crippen molar-refractivity contribution < 1.29 is 8.78 Å². The summed E-state index contributed by atoms with van der Waals surface area (Å²) in [5, 5.41) is 7.84. The molecule has 2 atom stereocenters. The highest BCUT2D eigenvalue weighted by atomic mass is 19.1. The van der Waals surface area contributed by atoms with Crippen molar-refractivity contribution in [3.8, 4) is 5.69 Å². The fraction of sp³-hybridized carbons (Fsp3) is 0.250. The van der Waals surface area contributed by atoms with Gasteiger partial charge in [-0.25, -0.2) is 13.5 Å². The van der Waals surface area contributed by atoms with Crippen molar-refractivity contribution in [3.63, 3.8) is 0 Å². The number of nitrogens with zero attached hydrogens (tertiary/aromatic N) is 2. The maximum absolute atomic E-state index is 14.0. The lowest BCUT2D eigenvalue weighted by Gasteiger charge is -2.23. The minimum Gasteiger partial charge on any atom is -0.303 e. The Balaban J connectivity index is 1.62. The van der Waals surface area contributed by atoms with Crippen molar-refractivity contribution in [2.75, 3.05) is 0 Å². The summed E-state index contributed by atoms with van der Waals surface area (Å²) in [4.78, 5) is 0. The fourth-order valence-electron chi connectivity index (χ4n) is 3.68. The van der Waals surface area contributed by atoms with Crippen LogP contribution in [-0.4, -0.2) is 9.78 Å². The normalized spacial score (nSPS) is 17.5. The zero-order chi connectivity index (χ0) is 17.4. The molecule has 3 aromatic rings. The second kappa shape index (κ2) is 6.41. The van der Waals surface area contributed by atoms with Gasteiger partial charge in [0, 0.05) is 30.5 Å². The summed E-state index contributed by atoms with van der Waals surface area (Å²) in [6.07, 6.45) is 5.05. The first-order valence-electron chi connectivity index (χ1n) is 8.46. The number of para-hydroxylation sites is 1. The third-order valence-corrected chi connectivity index (χ3v) is 4.86. The Kier molecular flexibility index (Phi) is 4.09. The second-order valence-electron chi connectivity index (χ2n) is 6.44. The van der Waals surface area contributed by atoms with Crippen molar-refractivity contribution >= 4 is 0 Å². The topological polar surface area (TPSA) is 29.9 Å². The molecule has 2 aromatic carbocycles. The van der Waals surface area contributed by atoms with E-state index in [1.54, 1.807) is 6.20 Å². The maximum Gasteiger partial charge on any atom is 0.129 e. The van der Waals surface area contributed by atoms with Crippen LogP contribution in [0.25, 0.3) is 5.69 Å². The first-order valence-corrected chi connectivity index (χ1v) is 8.46. The zero-order valence-corrected chi connectivity index (χ0v) is 13.9. The van der Waals surface area contributed by atoms with Gasteiger partial charge in [0.2, 0.25) is 0 Å². The zero-order valence-electron chi connectivity index (χ0n) is 13.9. The lowest BCUT2D eigenvalue weighted by molar-refractivity contribution is 0.462. The van der Waals surface area contributed by atoms with Gasteiger partial charge in [0.1, 0.15) is 11.6 Å². The smallest absolute Gasteiger partial charge is 0.129 e. The van der Waals surface area contributed by atoms with E-state index < -0.39 is 11.6 Å². The quantitative estimate of drug-likeness (QED) is 0.759. The Bertz CT molecular complexity index is 890. The lowest BCUT2D eigenvalue weighted by Crippen LogP contribution is -2.24. The standard InChI is InChI=1S/C20H19F2N3/c1-13(15-5-2-3-6-20(15)25-10-4-9-23-25)24-19-8-7-16-17(19)11-14(21)12-18(16)22/h2-6,9-13,19,24H,7-8H2,1H3. The van der Waals surface area contributed by atoms with Crippen LogP contribution in [0.3, 0.4) is 0 Å². The predicted octanol–water partition coefficient (Wildman–Crippen LogP) is 4.49. The van der Waals surface area contributed by atoms with Gasteiger partial charge in [-0.2, -0.15) is 5.10 Å². The van der Waals surface area contributed by atoms with Crippen molar-refractivity contribution in [2.45, 2.75) is 31.8 Å². The third kappa shape index (κ3) is 2.96. The SMILES string of the molecule is CC(NC1CCc2c(F)cc(F)cc21)c1ccccc1-n1cccn1. The van der Waals surface area contributed by atoms with Gasteiger partial charge in [-0.3, -0.25) is 0 Å². The van der Waals surface area contributed by atoms with E-state index in [4.69, 9.17) is 0 Å². The molecule has 0 saturated heterocycles. The molecule has 1 aromatic heterocycles. The molecule has 128 valence electrons. The molecule has 0 spiro atoms. The molecule has 0 fully saturated rings. The highest BCUT2D eigenvalue weighted by Gasteiger charge is 2.27. The summed E-state index contributed by atoms with van der Waals surface area (Å²) in [5.41, 5.74) is 3.46. The van der Waals surface area contributed by atoms with Gasteiger partial charge < -0.3 is 5.32 Å². The van der Waals surface area contributed by atoms with Crippen LogP contribution in [-0.2, 0) is 6.42 Å². The monoisotopic (exact) mass is 339 g/mol. The number of rotatable bonds is 4.